The number of aromatic amines is 1. The molecular weight excluding hydrogens is 320 g/mol. The normalized spacial score (nSPS) is 10.8. The summed E-state index contributed by atoms with van der Waals surface area (Å²) in [5, 5.41) is 0.504. The molecule has 0 aliphatic rings. The van der Waals surface area contributed by atoms with Crippen molar-refractivity contribution in [2.45, 2.75) is 0 Å². The van der Waals surface area contributed by atoms with Crippen molar-refractivity contribution in [3.63, 3.8) is 0 Å². The van der Waals surface area contributed by atoms with Crippen LogP contribution in [0.15, 0.2) is 35.3 Å². The summed E-state index contributed by atoms with van der Waals surface area (Å²) in [6.45, 7) is 0. The molecule has 3 rings (SSSR count). The Balaban J connectivity index is 2.06. The first kappa shape index (κ1) is 11.4. The number of nitrogens with one attached hydrogen (secondary N) is 1. The maximum Gasteiger partial charge on any atom is 0.248 e. The summed E-state index contributed by atoms with van der Waals surface area (Å²) in [5.74, 6) is 0.901. The Hall–Kier alpha value is -1.66. The molecule has 7 heteroatoms. The van der Waals surface area contributed by atoms with E-state index in [0.29, 0.717) is 27.8 Å². The number of imidazole rings is 1. The molecule has 2 heterocycles. The molecule has 0 atom stereocenters. The van der Waals surface area contributed by atoms with Crippen molar-refractivity contribution in [1.82, 2.24) is 19.9 Å². The lowest BCUT2D eigenvalue weighted by Crippen LogP contribution is -1.91. The molecule has 90 valence electrons. The van der Waals surface area contributed by atoms with Gasteiger partial charge in [0.15, 0.2) is 5.65 Å². The van der Waals surface area contributed by atoms with Gasteiger partial charge in [-0.1, -0.05) is 27.5 Å². The van der Waals surface area contributed by atoms with Gasteiger partial charge in [-0.05, 0) is 18.2 Å². The van der Waals surface area contributed by atoms with Crippen LogP contribution < -0.4 is 4.74 Å². The van der Waals surface area contributed by atoms with E-state index in [1.807, 2.05) is 6.07 Å². The molecule has 2 aromatic heterocycles. The second kappa shape index (κ2) is 4.55. The lowest BCUT2D eigenvalue weighted by molar-refractivity contribution is 0.467. The van der Waals surface area contributed by atoms with Crippen molar-refractivity contribution in [2.24, 2.45) is 0 Å². The van der Waals surface area contributed by atoms with Crippen LogP contribution >= 0.6 is 27.5 Å². The molecule has 0 amide bonds. The second-order valence-corrected chi connectivity index (χ2v) is 4.78. The molecule has 0 radical (unpaired) electrons. The smallest absolute Gasteiger partial charge is 0.248 e. The van der Waals surface area contributed by atoms with E-state index < -0.39 is 0 Å². The van der Waals surface area contributed by atoms with Crippen LogP contribution in [-0.2, 0) is 0 Å². The SMILES string of the molecule is Clc1ccc(Br)cc1Oc1ncnc2nc[nH]c12. The zero-order chi connectivity index (χ0) is 12.5. The fraction of sp³-hybridized carbons (Fsp3) is 0. The van der Waals surface area contributed by atoms with Crippen molar-refractivity contribution in [3.05, 3.63) is 40.3 Å². The van der Waals surface area contributed by atoms with Gasteiger partial charge in [0.25, 0.3) is 0 Å². The lowest BCUT2D eigenvalue weighted by Gasteiger charge is -2.07. The van der Waals surface area contributed by atoms with E-state index in [9.17, 15) is 0 Å². The number of nitrogens with zero attached hydrogens (tertiary/aromatic N) is 3. The number of hydrogen-bond donors (Lipinski definition) is 1. The zero-order valence-corrected chi connectivity index (χ0v) is 11.2. The first-order valence-electron chi connectivity index (χ1n) is 5.01. The van der Waals surface area contributed by atoms with Crippen LogP contribution in [0.25, 0.3) is 11.2 Å². The predicted molar refractivity (Wildman–Crippen MR) is 70.9 cm³/mol. The molecule has 0 saturated carbocycles. The number of fused-ring (bicyclic) bond motifs is 1. The molecule has 1 aromatic carbocycles. The van der Waals surface area contributed by atoms with Crippen LogP contribution in [0.2, 0.25) is 5.02 Å². The number of aromatic nitrogens is 4. The first-order chi connectivity index (χ1) is 8.74. The monoisotopic (exact) mass is 324 g/mol. The van der Waals surface area contributed by atoms with Crippen molar-refractivity contribution in [1.29, 1.82) is 0 Å². The van der Waals surface area contributed by atoms with Crippen LogP contribution in [-0.4, -0.2) is 19.9 Å². The Morgan fingerprint density at radius 3 is 3.00 bits per heavy atom. The van der Waals surface area contributed by atoms with Crippen molar-refractivity contribution < 1.29 is 4.74 Å². The molecule has 0 unspecified atom stereocenters. The molecule has 0 aliphatic carbocycles. The van der Waals surface area contributed by atoms with Crippen molar-refractivity contribution in [2.75, 3.05) is 0 Å². The summed E-state index contributed by atoms with van der Waals surface area (Å²) < 4.78 is 6.55. The van der Waals surface area contributed by atoms with Crippen LogP contribution in [0.4, 0.5) is 0 Å². The summed E-state index contributed by atoms with van der Waals surface area (Å²) in [6.07, 6.45) is 2.93. The van der Waals surface area contributed by atoms with E-state index >= 15 is 0 Å². The lowest BCUT2D eigenvalue weighted by atomic mass is 10.3. The Morgan fingerprint density at radius 1 is 1.22 bits per heavy atom. The summed E-state index contributed by atoms with van der Waals surface area (Å²) in [4.78, 5) is 15.0. The predicted octanol–water partition coefficient (Wildman–Crippen LogP) is 3.56. The maximum absolute atomic E-state index is 6.06. The third-order valence-electron chi connectivity index (χ3n) is 2.29. The molecule has 0 saturated heterocycles. The molecule has 0 aliphatic heterocycles. The van der Waals surface area contributed by atoms with Crippen LogP contribution in [0.3, 0.4) is 0 Å². The number of hydrogen-bond acceptors (Lipinski definition) is 4. The Kier molecular flexibility index (Phi) is 2.89. The quantitative estimate of drug-likeness (QED) is 0.782. The fourth-order valence-corrected chi connectivity index (χ4v) is 1.98. The number of halogens is 2. The van der Waals surface area contributed by atoms with E-state index in [0.717, 1.165) is 4.47 Å². The molecule has 0 spiro atoms. The third kappa shape index (κ3) is 2.04. The van der Waals surface area contributed by atoms with Gasteiger partial charge >= 0.3 is 0 Å². The molecular formula is C11H6BrClN4O. The Bertz CT molecular complexity index is 715. The van der Waals surface area contributed by atoms with Crippen molar-refractivity contribution >= 4 is 38.7 Å². The zero-order valence-electron chi connectivity index (χ0n) is 8.89. The molecule has 0 fully saturated rings. The van der Waals surface area contributed by atoms with Gasteiger partial charge in [-0.2, -0.15) is 4.98 Å². The van der Waals surface area contributed by atoms with Gasteiger partial charge in [0.1, 0.15) is 17.6 Å². The number of benzene rings is 1. The average Bonchev–Trinajstić information content (AvgIpc) is 2.83. The van der Waals surface area contributed by atoms with Gasteiger partial charge in [-0.3, -0.25) is 0 Å². The van der Waals surface area contributed by atoms with E-state index in [4.69, 9.17) is 16.3 Å². The molecule has 5 nitrogen and oxygen atoms in total. The molecule has 0 bridgehead atoms. The van der Waals surface area contributed by atoms with Crippen LogP contribution in [0, 0.1) is 0 Å². The molecule has 18 heavy (non-hydrogen) atoms. The Morgan fingerprint density at radius 2 is 2.11 bits per heavy atom. The third-order valence-corrected chi connectivity index (χ3v) is 3.09. The van der Waals surface area contributed by atoms with Gasteiger partial charge in [0.2, 0.25) is 5.88 Å². The van der Waals surface area contributed by atoms with Gasteiger partial charge in [0.05, 0.1) is 11.3 Å². The van der Waals surface area contributed by atoms with E-state index in [2.05, 4.69) is 35.9 Å². The topological polar surface area (TPSA) is 63.7 Å². The van der Waals surface area contributed by atoms with Gasteiger partial charge < -0.3 is 9.72 Å². The van der Waals surface area contributed by atoms with E-state index in [-0.39, 0.29) is 0 Å². The summed E-state index contributed by atoms with van der Waals surface area (Å²) in [7, 11) is 0. The highest BCUT2D eigenvalue weighted by Gasteiger charge is 2.10. The van der Waals surface area contributed by atoms with E-state index in [1.54, 1.807) is 12.1 Å². The molecule has 1 N–H and O–H groups in total. The summed E-state index contributed by atoms with van der Waals surface area (Å²) in [5.41, 5.74) is 1.18. The standard InChI is InChI=1S/C11H6BrClN4O/c12-6-1-2-7(13)8(3-6)18-11-9-10(15-4-14-9)16-5-17-11/h1-5H,(H,14,15,16,17). The van der Waals surface area contributed by atoms with Crippen LogP contribution in [0.5, 0.6) is 11.6 Å². The average molecular weight is 326 g/mol. The van der Waals surface area contributed by atoms with Crippen molar-refractivity contribution in [3.8, 4) is 11.6 Å². The minimum atomic E-state index is 0.387. The number of rotatable bonds is 2. The van der Waals surface area contributed by atoms with E-state index in [1.165, 1.54) is 12.7 Å². The maximum atomic E-state index is 6.06. The van der Waals surface area contributed by atoms with Gasteiger partial charge in [0, 0.05) is 4.47 Å². The minimum absolute atomic E-state index is 0.387. The Labute approximate surface area is 115 Å². The second-order valence-electron chi connectivity index (χ2n) is 3.46. The number of ether oxygens (including phenoxy) is 1. The summed E-state index contributed by atoms with van der Waals surface area (Å²) in [6, 6.07) is 5.35. The highest BCUT2D eigenvalue weighted by molar-refractivity contribution is 9.10. The summed E-state index contributed by atoms with van der Waals surface area (Å²) >= 11 is 9.42. The minimum Gasteiger partial charge on any atom is -0.435 e. The highest BCUT2D eigenvalue weighted by atomic mass is 79.9. The fourth-order valence-electron chi connectivity index (χ4n) is 1.48. The van der Waals surface area contributed by atoms with Gasteiger partial charge in [-0.25, -0.2) is 9.97 Å². The highest BCUT2D eigenvalue weighted by Crippen LogP contribution is 2.32. The van der Waals surface area contributed by atoms with Crippen LogP contribution in [0.1, 0.15) is 0 Å². The number of H-pyrrole nitrogens is 1. The molecule has 3 aromatic rings. The first-order valence-corrected chi connectivity index (χ1v) is 6.18. The largest absolute Gasteiger partial charge is 0.435 e. The van der Waals surface area contributed by atoms with Gasteiger partial charge in [-0.15, -0.1) is 0 Å².